The molecule has 0 aliphatic heterocycles. The van der Waals surface area contributed by atoms with Crippen molar-refractivity contribution in [3.63, 3.8) is 0 Å². The predicted octanol–water partition coefficient (Wildman–Crippen LogP) is 3.84. The number of carbonyl (C=O) groups is 1. The molecule has 0 atom stereocenters. The SMILES string of the molecule is CN(C)C=CC(=CC(=O)C(F)(F)F)Nc1ccc(Cl)cc1. The number of ketones is 1. The zero-order valence-corrected chi connectivity index (χ0v) is 12.2. The van der Waals surface area contributed by atoms with E-state index in [9.17, 15) is 18.0 Å². The van der Waals surface area contributed by atoms with Gasteiger partial charge in [0.2, 0.25) is 0 Å². The Balaban J connectivity index is 3.00. The average Bonchev–Trinajstić information content (AvgIpc) is 2.37. The second-order valence-electron chi connectivity index (χ2n) is 4.37. The molecule has 0 amide bonds. The van der Waals surface area contributed by atoms with Gasteiger partial charge in [0.05, 0.1) is 0 Å². The number of nitrogens with one attached hydrogen (secondary N) is 1. The van der Waals surface area contributed by atoms with Crippen LogP contribution >= 0.6 is 11.6 Å². The number of halogens is 4. The normalized spacial score (nSPS) is 12.6. The summed E-state index contributed by atoms with van der Waals surface area (Å²) in [4.78, 5) is 12.7. The lowest BCUT2D eigenvalue weighted by atomic mass is 10.2. The van der Waals surface area contributed by atoms with Gasteiger partial charge in [-0.1, -0.05) is 11.6 Å². The van der Waals surface area contributed by atoms with Crippen LogP contribution in [-0.4, -0.2) is 31.0 Å². The minimum absolute atomic E-state index is 0.0216. The Morgan fingerprint density at radius 3 is 2.29 bits per heavy atom. The van der Waals surface area contributed by atoms with Crippen molar-refractivity contribution in [2.75, 3.05) is 19.4 Å². The third kappa shape index (κ3) is 6.35. The minimum Gasteiger partial charge on any atom is -0.383 e. The highest BCUT2D eigenvalue weighted by molar-refractivity contribution is 6.30. The quantitative estimate of drug-likeness (QED) is 0.661. The summed E-state index contributed by atoms with van der Waals surface area (Å²) in [6, 6.07) is 6.36. The van der Waals surface area contributed by atoms with Crippen molar-refractivity contribution >= 4 is 23.1 Å². The molecular weight excluding hydrogens is 305 g/mol. The van der Waals surface area contributed by atoms with Gasteiger partial charge in [0, 0.05) is 42.8 Å². The highest BCUT2D eigenvalue weighted by Gasteiger charge is 2.36. The molecule has 0 heterocycles. The van der Waals surface area contributed by atoms with Gasteiger partial charge < -0.3 is 10.2 Å². The maximum absolute atomic E-state index is 12.3. The summed E-state index contributed by atoms with van der Waals surface area (Å²) in [7, 11) is 3.42. The van der Waals surface area contributed by atoms with E-state index in [1.807, 2.05) is 0 Å². The van der Waals surface area contributed by atoms with E-state index >= 15 is 0 Å². The maximum atomic E-state index is 12.3. The zero-order chi connectivity index (χ0) is 16.0. The molecule has 114 valence electrons. The fourth-order valence-electron chi connectivity index (χ4n) is 1.28. The van der Waals surface area contributed by atoms with E-state index in [0.29, 0.717) is 16.8 Å². The van der Waals surface area contributed by atoms with Crippen LogP contribution in [0.4, 0.5) is 18.9 Å². The average molecular weight is 319 g/mol. The Bertz CT molecular complexity index is 548. The number of nitrogens with zero attached hydrogens (tertiary/aromatic N) is 1. The molecule has 0 fully saturated rings. The Morgan fingerprint density at radius 1 is 1.24 bits per heavy atom. The molecule has 1 rings (SSSR count). The van der Waals surface area contributed by atoms with Crippen molar-refractivity contribution in [1.29, 1.82) is 0 Å². The summed E-state index contributed by atoms with van der Waals surface area (Å²) in [5.74, 6) is -1.93. The van der Waals surface area contributed by atoms with Gasteiger partial charge in [-0.3, -0.25) is 4.79 Å². The molecule has 0 spiro atoms. The number of alkyl halides is 3. The summed E-state index contributed by atoms with van der Waals surface area (Å²) < 4.78 is 37.0. The topological polar surface area (TPSA) is 32.3 Å². The van der Waals surface area contributed by atoms with Crippen molar-refractivity contribution < 1.29 is 18.0 Å². The summed E-state index contributed by atoms with van der Waals surface area (Å²) >= 11 is 5.73. The van der Waals surface area contributed by atoms with E-state index < -0.39 is 12.0 Å². The zero-order valence-electron chi connectivity index (χ0n) is 11.4. The molecule has 0 bridgehead atoms. The number of hydrogen-bond acceptors (Lipinski definition) is 3. The van der Waals surface area contributed by atoms with Gasteiger partial charge in [0.15, 0.2) is 0 Å². The molecule has 0 radical (unpaired) electrons. The number of allylic oxidation sites excluding steroid dienone is 2. The fraction of sp³-hybridized carbons (Fsp3) is 0.214. The molecule has 0 aliphatic carbocycles. The number of rotatable bonds is 5. The number of hydrogen-bond donors (Lipinski definition) is 1. The molecule has 0 aliphatic rings. The third-order valence-electron chi connectivity index (χ3n) is 2.25. The first kappa shape index (κ1) is 17.1. The molecule has 7 heteroatoms. The lowest BCUT2D eigenvalue weighted by Crippen LogP contribution is -2.21. The van der Waals surface area contributed by atoms with Crippen LogP contribution in [0.2, 0.25) is 5.02 Å². The summed E-state index contributed by atoms with van der Waals surface area (Å²) in [6.07, 6.45) is -1.50. The summed E-state index contributed by atoms with van der Waals surface area (Å²) in [5, 5.41) is 3.23. The Morgan fingerprint density at radius 2 is 1.81 bits per heavy atom. The van der Waals surface area contributed by atoms with Crippen LogP contribution in [-0.2, 0) is 4.79 Å². The number of anilines is 1. The highest BCUT2D eigenvalue weighted by Crippen LogP contribution is 2.19. The predicted molar refractivity (Wildman–Crippen MR) is 77.0 cm³/mol. The molecular formula is C14H14ClF3N2O. The van der Waals surface area contributed by atoms with Crippen molar-refractivity contribution in [3.05, 3.63) is 53.3 Å². The molecule has 0 unspecified atom stereocenters. The molecule has 0 aromatic heterocycles. The second kappa shape index (κ2) is 7.17. The van der Waals surface area contributed by atoms with E-state index in [-0.39, 0.29) is 5.70 Å². The Labute approximate surface area is 125 Å². The smallest absolute Gasteiger partial charge is 0.383 e. The van der Waals surface area contributed by atoms with Gasteiger partial charge in [-0.05, 0) is 30.3 Å². The standard InChI is InChI=1S/C14H14ClF3N2O/c1-20(2)8-7-12(9-13(21)14(16,17)18)19-11-5-3-10(15)4-6-11/h3-9,19H,1-2H3. The fourth-order valence-corrected chi connectivity index (χ4v) is 1.40. The van der Waals surface area contributed by atoms with Gasteiger partial charge in [-0.2, -0.15) is 13.2 Å². The van der Waals surface area contributed by atoms with Crippen molar-refractivity contribution in [1.82, 2.24) is 4.90 Å². The van der Waals surface area contributed by atoms with Gasteiger partial charge in [-0.25, -0.2) is 0 Å². The van der Waals surface area contributed by atoms with E-state index in [2.05, 4.69) is 5.32 Å². The molecule has 1 aromatic carbocycles. The van der Waals surface area contributed by atoms with Crippen molar-refractivity contribution in [3.8, 4) is 0 Å². The van der Waals surface area contributed by atoms with E-state index in [4.69, 9.17) is 11.6 Å². The first-order valence-corrected chi connectivity index (χ1v) is 6.26. The number of carbonyl (C=O) groups excluding carboxylic acids is 1. The third-order valence-corrected chi connectivity index (χ3v) is 2.50. The molecule has 1 aromatic rings. The van der Waals surface area contributed by atoms with Gasteiger partial charge >= 0.3 is 6.18 Å². The van der Waals surface area contributed by atoms with Crippen LogP contribution in [0.25, 0.3) is 0 Å². The monoisotopic (exact) mass is 318 g/mol. The first-order valence-electron chi connectivity index (χ1n) is 5.88. The lowest BCUT2D eigenvalue weighted by molar-refractivity contribution is -0.165. The molecule has 0 saturated heterocycles. The molecule has 1 N–H and O–H groups in total. The maximum Gasteiger partial charge on any atom is 0.454 e. The molecule has 0 saturated carbocycles. The number of benzene rings is 1. The molecule has 21 heavy (non-hydrogen) atoms. The van der Waals surface area contributed by atoms with Crippen LogP contribution in [0.3, 0.4) is 0 Å². The van der Waals surface area contributed by atoms with Gasteiger partial charge in [0.25, 0.3) is 5.78 Å². The minimum atomic E-state index is -4.90. The Kier molecular flexibility index (Phi) is 5.84. The van der Waals surface area contributed by atoms with E-state index in [1.165, 1.54) is 12.3 Å². The van der Waals surface area contributed by atoms with Gasteiger partial charge in [0.1, 0.15) is 0 Å². The van der Waals surface area contributed by atoms with Crippen LogP contribution in [0.5, 0.6) is 0 Å². The van der Waals surface area contributed by atoms with E-state index in [1.54, 1.807) is 43.3 Å². The van der Waals surface area contributed by atoms with Crippen LogP contribution in [0, 0.1) is 0 Å². The summed E-state index contributed by atoms with van der Waals surface area (Å²) in [6.45, 7) is 0. The summed E-state index contributed by atoms with van der Waals surface area (Å²) in [5.41, 5.74) is 0.539. The van der Waals surface area contributed by atoms with Crippen LogP contribution < -0.4 is 5.32 Å². The van der Waals surface area contributed by atoms with Crippen molar-refractivity contribution in [2.45, 2.75) is 6.18 Å². The Hall–Kier alpha value is -1.95. The van der Waals surface area contributed by atoms with Crippen LogP contribution in [0.1, 0.15) is 0 Å². The largest absolute Gasteiger partial charge is 0.454 e. The van der Waals surface area contributed by atoms with Crippen LogP contribution in [0.15, 0.2) is 48.3 Å². The lowest BCUT2D eigenvalue weighted by Gasteiger charge is -2.10. The second-order valence-corrected chi connectivity index (χ2v) is 4.81. The van der Waals surface area contributed by atoms with Crippen molar-refractivity contribution in [2.24, 2.45) is 0 Å². The molecule has 3 nitrogen and oxygen atoms in total. The van der Waals surface area contributed by atoms with Gasteiger partial charge in [-0.15, -0.1) is 0 Å². The van der Waals surface area contributed by atoms with E-state index in [0.717, 1.165) is 0 Å². The first-order chi connectivity index (χ1) is 9.68. The highest BCUT2D eigenvalue weighted by atomic mass is 35.5.